The summed E-state index contributed by atoms with van der Waals surface area (Å²) >= 11 is 0. The second-order valence-corrected chi connectivity index (χ2v) is 6.78. The fourth-order valence-electron chi connectivity index (χ4n) is 3.20. The van der Waals surface area contributed by atoms with Crippen LogP contribution in [0.3, 0.4) is 0 Å². The Morgan fingerprint density at radius 3 is 2.38 bits per heavy atom. The van der Waals surface area contributed by atoms with Crippen LogP contribution in [0.15, 0.2) is 85.2 Å². The number of benzene rings is 2. The van der Waals surface area contributed by atoms with E-state index >= 15 is 0 Å². The molecule has 158 valence electrons. The van der Waals surface area contributed by atoms with Crippen molar-refractivity contribution < 1.29 is 14.5 Å². The number of carbonyl (C=O) groups excluding carboxylic acids is 1. The smallest absolute Gasteiger partial charge is 0.340 e. The number of nitro groups is 1. The number of carbonyl (C=O) groups is 1. The lowest BCUT2D eigenvalue weighted by atomic mass is 10.0. The van der Waals surface area contributed by atoms with Crippen LogP contribution in [0.1, 0.15) is 11.3 Å². The van der Waals surface area contributed by atoms with E-state index in [9.17, 15) is 14.9 Å². The van der Waals surface area contributed by atoms with Crippen LogP contribution < -0.4 is 0 Å². The van der Waals surface area contributed by atoms with Gasteiger partial charge in [0.1, 0.15) is 0 Å². The van der Waals surface area contributed by atoms with Crippen LogP contribution in [0, 0.1) is 10.1 Å². The molecule has 0 radical (unpaired) electrons. The lowest BCUT2D eigenvalue weighted by Crippen LogP contribution is -2.05. The number of para-hydroxylation sites is 1. The highest BCUT2D eigenvalue weighted by Crippen LogP contribution is 2.29. The van der Waals surface area contributed by atoms with Crippen LogP contribution in [-0.2, 0) is 9.53 Å². The third-order valence-corrected chi connectivity index (χ3v) is 4.76. The van der Waals surface area contributed by atoms with Crippen molar-refractivity contribution in [1.29, 1.82) is 0 Å². The molecule has 0 atom stereocenters. The highest BCUT2D eigenvalue weighted by Gasteiger charge is 2.18. The molecular formula is C24H18N4O4. The molecular weight excluding hydrogens is 408 g/mol. The zero-order valence-electron chi connectivity index (χ0n) is 17.1. The maximum atomic E-state index is 12.5. The highest BCUT2D eigenvalue weighted by molar-refractivity contribution is 6.21. The minimum absolute atomic E-state index is 0.0166. The van der Waals surface area contributed by atoms with E-state index in [1.807, 2.05) is 30.3 Å². The molecule has 0 aliphatic carbocycles. The molecule has 4 aromatic rings. The summed E-state index contributed by atoms with van der Waals surface area (Å²) in [6, 6.07) is 20.9. The quantitative estimate of drug-likeness (QED) is 0.194. The molecule has 4 rings (SSSR count). The molecule has 0 unspecified atom stereocenters. The van der Waals surface area contributed by atoms with Gasteiger partial charge in [-0.25, -0.2) is 9.48 Å². The molecule has 32 heavy (non-hydrogen) atoms. The summed E-state index contributed by atoms with van der Waals surface area (Å²) in [4.78, 5) is 27.4. The predicted molar refractivity (Wildman–Crippen MR) is 120 cm³/mol. The Bertz CT molecular complexity index is 1280. The van der Waals surface area contributed by atoms with Gasteiger partial charge >= 0.3 is 5.97 Å². The topological polar surface area (TPSA) is 100 Å². The van der Waals surface area contributed by atoms with Crippen molar-refractivity contribution in [3.8, 4) is 16.9 Å². The number of aromatic nitrogens is 3. The third-order valence-electron chi connectivity index (χ3n) is 4.76. The summed E-state index contributed by atoms with van der Waals surface area (Å²) in [6.45, 7) is 0. The number of non-ortho nitro benzene ring substituents is 1. The van der Waals surface area contributed by atoms with E-state index in [-0.39, 0.29) is 11.3 Å². The third kappa shape index (κ3) is 4.29. The molecule has 2 heterocycles. The Morgan fingerprint density at radius 1 is 1.03 bits per heavy atom. The summed E-state index contributed by atoms with van der Waals surface area (Å²) in [6.07, 6.45) is 5.05. The van der Waals surface area contributed by atoms with Crippen LogP contribution in [0.2, 0.25) is 0 Å². The van der Waals surface area contributed by atoms with Gasteiger partial charge in [-0.2, -0.15) is 5.10 Å². The summed E-state index contributed by atoms with van der Waals surface area (Å²) in [5, 5.41) is 15.7. The van der Waals surface area contributed by atoms with Gasteiger partial charge < -0.3 is 4.74 Å². The van der Waals surface area contributed by atoms with Crippen LogP contribution in [0.4, 0.5) is 5.69 Å². The van der Waals surface area contributed by atoms with Crippen molar-refractivity contribution >= 4 is 23.3 Å². The van der Waals surface area contributed by atoms with Gasteiger partial charge in [-0.05, 0) is 42.5 Å². The van der Waals surface area contributed by atoms with E-state index in [1.54, 1.807) is 53.5 Å². The van der Waals surface area contributed by atoms with E-state index in [0.29, 0.717) is 22.5 Å². The normalized spacial score (nSPS) is 11.2. The number of nitro benzene ring substituents is 1. The van der Waals surface area contributed by atoms with Gasteiger partial charge in [0, 0.05) is 35.7 Å². The van der Waals surface area contributed by atoms with Gasteiger partial charge in [-0.3, -0.25) is 15.1 Å². The van der Waals surface area contributed by atoms with Gasteiger partial charge in [0.05, 0.1) is 34.7 Å². The number of hydrogen-bond acceptors (Lipinski definition) is 6. The van der Waals surface area contributed by atoms with Crippen molar-refractivity contribution in [3.05, 3.63) is 107 Å². The minimum atomic E-state index is -0.536. The molecule has 0 N–H and O–H groups in total. The molecule has 8 nitrogen and oxygen atoms in total. The fourth-order valence-corrected chi connectivity index (χ4v) is 3.20. The van der Waals surface area contributed by atoms with Crippen LogP contribution in [0.5, 0.6) is 0 Å². The fraction of sp³-hybridized carbons (Fsp3) is 0.0417. The lowest BCUT2D eigenvalue weighted by Gasteiger charge is -2.05. The zero-order chi connectivity index (χ0) is 22.5. The number of methoxy groups -OCH3 is 1. The van der Waals surface area contributed by atoms with Gasteiger partial charge in [0.15, 0.2) is 0 Å². The number of esters is 1. The standard InChI is InChI=1S/C24H18N4O4/c1-32-24(29)21(22-9-5-6-14-25-22)15-18-16-27(19-7-3-2-4-8-19)26-23(18)17-10-12-20(13-11-17)28(30)31/h2-16H,1H3. The molecule has 2 aromatic heterocycles. The van der Waals surface area contributed by atoms with Crippen molar-refractivity contribution in [2.75, 3.05) is 7.11 Å². The molecule has 0 bridgehead atoms. The number of rotatable bonds is 6. The molecule has 0 spiro atoms. The first-order valence-corrected chi connectivity index (χ1v) is 9.68. The first-order valence-electron chi connectivity index (χ1n) is 9.68. The van der Waals surface area contributed by atoms with Crippen molar-refractivity contribution in [1.82, 2.24) is 14.8 Å². The molecule has 2 aromatic carbocycles. The molecule has 0 aliphatic rings. The Morgan fingerprint density at radius 2 is 1.75 bits per heavy atom. The summed E-state index contributed by atoms with van der Waals surface area (Å²) in [7, 11) is 1.31. The lowest BCUT2D eigenvalue weighted by molar-refractivity contribution is -0.384. The molecule has 0 fully saturated rings. The predicted octanol–water partition coefficient (Wildman–Crippen LogP) is 4.56. The monoisotopic (exact) mass is 426 g/mol. The van der Waals surface area contributed by atoms with Crippen molar-refractivity contribution in [3.63, 3.8) is 0 Å². The van der Waals surface area contributed by atoms with Crippen LogP contribution in [-0.4, -0.2) is 32.8 Å². The molecule has 0 saturated heterocycles. The Balaban J connectivity index is 1.89. The van der Waals surface area contributed by atoms with Gasteiger partial charge in [0.2, 0.25) is 0 Å². The van der Waals surface area contributed by atoms with E-state index in [0.717, 1.165) is 5.69 Å². The zero-order valence-corrected chi connectivity index (χ0v) is 17.1. The Labute approximate surface area is 183 Å². The second-order valence-electron chi connectivity index (χ2n) is 6.78. The van der Waals surface area contributed by atoms with Gasteiger partial charge in [-0.15, -0.1) is 0 Å². The van der Waals surface area contributed by atoms with E-state index in [1.165, 1.54) is 19.2 Å². The maximum absolute atomic E-state index is 12.5. The van der Waals surface area contributed by atoms with Gasteiger partial charge in [-0.1, -0.05) is 24.3 Å². The number of ether oxygens (including phenoxy) is 1. The minimum Gasteiger partial charge on any atom is -0.465 e. The van der Waals surface area contributed by atoms with E-state index in [4.69, 9.17) is 4.74 Å². The Kier molecular flexibility index (Phi) is 5.85. The number of nitrogens with zero attached hydrogens (tertiary/aromatic N) is 4. The first-order chi connectivity index (χ1) is 15.6. The first kappa shape index (κ1) is 20.7. The summed E-state index contributed by atoms with van der Waals surface area (Å²) in [5.74, 6) is -0.536. The van der Waals surface area contributed by atoms with Crippen LogP contribution >= 0.6 is 0 Å². The molecule has 8 heteroatoms. The largest absolute Gasteiger partial charge is 0.465 e. The van der Waals surface area contributed by atoms with E-state index < -0.39 is 10.9 Å². The maximum Gasteiger partial charge on any atom is 0.340 e. The second kappa shape index (κ2) is 9.05. The van der Waals surface area contributed by atoms with E-state index in [2.05, 4.69) is 10.1 Å². The molecule has 0 aliphatic heterocycles. The van der Waals surface area contributed by atoms with Crippen molar-refractivity contribution in [2.45, 2.75) is 0 Å². The van der Waals surface area contributed by atoms with Gasteiger partial charge in [0.25, 0.3) is 5.69 Å². The van der Waals surface area contributed by atoms with Crippen LogP contribution in [0.25, 0.3) is 28.6 Å². The Hall–Kier alpha value is -4.59. The highest BCUT2D eigenvalue weighted by atomic mass is 16.6. The summed E-state index contributed by atoms with van der Waals surface area (Å²) in [5.41, 5.74) is 3.40. The molecule has 0 amide bonds. The SMILES string of the molecule is COC(=O)C(=Cc1cn(-c2ccccc2)nc1-c1ccc([N+](=O)[O-])cc1)c1ccccn1. The number of pyridine rings is 1. The van der Waals surface area contributed by atoms with Crippen molar-refractivity contribution in [2.24, 2.45) is 0 Å². The molecule has 0 saturated carbocycles. The average Bonchev–Trinajstić information content (AvgIpc) is 3.27. The average molecular weight is 426 g/mol. The number of hydrogen-bond donors (Lipinski definition) is 0. The summed E-state index contributed by atoms with van der Waals surface area (Å²) < 4.78 is 6.66.